The van der Waals surface area contributed by atoms with Crippen molar-refractivity contribution in [3.05, 3.63) is 35.9 Å². The third-order valence-corrected chi connectivity index (χ3v) is 5.19. The van der Waals surface area contributed by atoms with Crippen molar-refractivity contribution < 1.29 is 23.8 Å². The van der Waals surface area contributed by atoms with Crippen LogP contribution in [0.25, 0.3) is 0 Å². The third kappa shape index (κ3) is 5.65. The van der Waals surface area contributed by atoms with Gasteiger partial charge in [0.05, 0.1) is 6.54 Å². The molecule has 1 amide bonds. The molecule has 2 heterocycles. The van der Waals surface area contributed by atoms with Gasteiger partial charge in [-0.15, -0.1) is 0 Å². The van der Waals surface area contributed by atoms with Gasteiger partial charge in [-0.3, -0.25) is 4.90 Å². The Kier molecular flexibility index (Phi) is 6.05. The first-order chi connectivity index (χ1) is 13.9. The lowest BCUT2D eigenvalue weighted by molar-refractivity contribution is -0.0679. The van der Waals surface area contributed by atoms with Crippen molar-refractivity contribution in [2.24, 2.45) is 5.92 Å². The molecule has 166 valence electrons. The summed E-state index contributed by atoms with van der Waals surface area (Å²) in [5.74, 6) is 0.00116. The quantitative estimate of drug-likeness (QED) is 0.690. The average Bonchev–Trinajstić information content (AvgIpc) is 3.05. The molecule has 0 spiro atoms. The lowest BCUT2D eigenvalue weighted by Gasteiger charge is -2.31. The lowest BCUT2D eigenvalue weighted by atomic mass is 9.95. The number of amides is 1. The third-order valence-electron chi connectivity index (χ3n) is 5.19. The molecule has 2 saturated heterocycles. The summed E-state index contributed by atoms with van der Waals surface area (Å²) in [5.41, 5.74) is -0.815. The van der Waals surface area contributed by atoms with Crippen molar-refractivity contribution in [2.75, 3.05) is 26.2 Å². The van der Waals surface area contributed by atoms with Crippen molar-refractivity contribution in [3.8, 4) is 0 Å². The Hall–Kier alpha value is -2.28. The molecule has 7 heteroatoms. The largest absolute Gasteiger partial charge is 0.509 e. The molecule has 2 atom stereocenters. The minimum atomic E-state index is -0.798. The molecule has 2 aliphatic heterocycles. The second-order valence-electron chi connectivity index (χ2n) is 10.3. The number of likely N-dealkylation sites (tertiary alicyclic amines) is 2. The summed E-state index contributed by atoms with van der Waals surface area (Å²) in [4.78, 5) is 29.1. The van der Waals surface area contributed by atoms with Gasteiger partial charge >= 0.3 is 12.2 Å². The molecule has 0 unspecified atom stereocenters. The smallest absolute Gasteiger partial charge is 0.444 e. The molecule has 3 rings (SSSR count). The summed E-state index contributed by atoms with van der Waals surface area (Å²) in [6.45, 7) is 13.8. The van der Waals surface area contributed by atoms with Crippen molar-refractivity contribution >= 4 is 12.2 Å². The van der Waals surface area contributed by atoms with Gasteiger partial charge in [-0.2, -0.15) is 0 Å². The number of benzene rings is 1. The van der Waals surface area contributed by atoms with Gasteiger partial charge in [-0.25, -0.2) is 9.59 Å². The van der Waals surface area contributed by atoms with Crippen molar-refractivity contribution in [3.63, 3.8) is 0 Å². The summed E-state index contributed by atoms with van der Waals surface area (Å²) in [7, 11) is 0. The Morgan fingerprint density at radius 3 is 2.20 bits per heavy atom. The normalized spacial score (nSPS) is 24.5. The number of ether oxygens (including phenoxy) is 3. The fourth-order valence-corrected chi connectivity index (χ4v) is 4.12. The van der Waals surface area contributed by atoms with E-state index >= 15 is 0 Å². The van der Waals surface area contributed by atoms with Crippen LogP contribution >= 0.6 is 0 Å². The first-order valence-corrected chi connectivity index (χ1v) is 10.5. The molecule has 1 aromatic rings. The van der Waals surface area contributed by atoms with E-state index in [9.17, 15) is 9.59 Å². The van der Waals surface area contributed by atoms with Crippen LogP contribution in [0, 0.1) is 5.92 Å². The molecule has 0 aromatic heterocycles. The van der Waals surface area contributed by atoms with Gasteiger partial charge in [0, 0.05) is 32.1 Å². The van der Waals surface area contributed by atoms with Crippen molar-refractivity contribution in [1.82, 2.24) is 9.80 Å². The molecule has 0 bridgehead atoms. The minimum Gasteiger partial charge on any atom is -0.444 e. The van der Waals surface area contributed by atoms with Gasteiger partial charge < -0.3 is 19.1 Å². The molecular formula is C23H34N2O5. The van der Waals surface area contributed by atoms with E-state index in [1.54, 1.807) is 25.7 Å². The molecular weight excluding hydrogens is 384 g/mol. The van der Waals surface area contributed by atoms with Gasteiger partial charge in [0.25, 0.3) is 0 Å². The number of nitrogens with zero attached hydrogens (tertiary/aromatic N) is 2. The van der Waals surface area contributed by atoms with E-state index < -0.39 is 23.0 Å². The SMILES string of the molecule is CC(C)(C)OC(=O)O[C@@]12CN(Cc3ccccc3)C[C@@H]1CN(C(=O)OC(C)(C)C)C2. The van der Waals surface area contributed by atoms with Gasteiger partial charge in [0.1, 0.15) is 11.2 Å². The molecule has 2 aliphatic rings. The van der Waals surface area contributed by atoms with Crippen LogP contribution in [0.5, 0.6) is 0 Å². The number of rotatable bonds is 3. The highest BCUT2D eigenvalue weighted by Crippen LogP contribution is 2.40. The van der Waals surface area contributed by atoms with Gasteiger partial charge in [0.15, 0.2) is 5.60 Å². The molecule has 1 aromatic carbocycles. The maximum atomic E-state index is 12.6. The van der Waals surface area contributed by atoms with Crippen LogP contribution in [0.1, 0.15) is 47.1 Å². The van der Waals surface area contributed by atoms with Gasteiger partial charge in [-0.05, 0) is 47.1 Å². The number of carbonyl (C=O) groups is 2. The van der Waals surface area contributed by atoms with Crippen molar-refractivity contribution in [1.29, 1.82) is 0 Å². The standard InChI is InChI=1S/C23H34N2O5/c1-21(2,3)28-19(26)25-14-18-13-24(12-17-10-8-7-9-11-17)15-23(18,16-25)30-20(27)29-22(4,5)6/h7-11,18H,12-16H2,1-6H3/t18-,23-/m1/s1. The lowest BCUT2D eigenvalue weighted by Crippen LogP contribution is -2.47. The molecule has 30 heavy (non-hydrogen) atoms. The fraction of sp³-hybridized carbons (Fsp3) is 0.652. The number of fused-ring (bicyclic) bond motifs is 1. The number of hydrogen-bond donors (Lipinski definition) is 0. The summed E-state index contributed by atoms with van der Waals surface area (Å²) in [6.07, 6.45) is -1.07. The van der Waals surface area contributed by atoms with Crippen LogP contribution < -0.4 is 0 Å². The highest BCUT2D eigenvalue weighted by molar-refractivity contribution is 5.69. The van der Waals surface area contributed by atoms with E-state index in [1.807, 2.05) is 39.0 Å². The molecule has 0 radical (unpaired) electrons. The van der Waals surface area contributed by atoms with Crippen LogP contribution in [0.15, 0.2) is 30.3 Å². The van der Waals surface area contributed by atoms with E-state index in [2.05, 4.69) is 17.0 Å². The zero-order valence-corrected chi connectivity index (χ0v) is 18.9. The fourth-order valence-electron chi connectivity index (χ4n) is 4.12. The van der Waals surface area contributed by atoms with E-state index in [0.29, 0.717) is 19.6 Å². The molecule has 2 fully saturated rings. The number of carbonyl (C=O) groups excluding carboxylic acids is 2. The highest BCUT2D eigenvalue weighted by Gasteiger charge is 2.57. The topological polar surface area (TPSA) is 68.3 Å². The van der Waals surface area contributed by atoms with Crippen LogP contribution in [-0.4, -0.2) is 65.0 Å². The summed E-state index contributed by atoms with van der Waals surface area (Å²) in [6, 6.07) is 10.2. The maximum absolute atomic E-state index is 12.6. The Morgan fingerprint density at radius 2 is 1.60 bits per heavy atom. The number of hydrogen-bond acceptors (Lipinski definition) is 6. The molecule has 0 saturated carbocycles. The second-order valence-corrected chi connectivity index (χ2v) is 10.3. The molecule has 0 N–H and O–H groups in total. The summed E-state index contributed by atoms with van der Waals surface area (Å²) >= 11 is 0. The van der Waals surface area contributed by atoms with Crippen LogP contribution in [0.4, 0.5) is 9.59 Å². The first-order valence-electron chi connectivity index (χ1n) is 10.5. The summed E-state index contributed by atoms with van der Waals surface area (Å²) < 4.78 is 16.9. The van der Waals surface area contributed by atoms with E-state index in [0.717, 1.165) is 13.1 Å². The van der Waals surface area contributed by atoms with Crippen molar-refractivity contribution in [2.45, 2.75) is 64.9 Å². The Morgan fingerprint density at radius 1 is 0.967 bits per heavy atom. The predicted molar refractivity (Wildman–Crippen MR) is 113 cm³/mol. The summed E-state index contributed by atoms with van der Waals surface area (Å²) in [5, 5.41) is 0. The average molecular weight is 419 g/mol. The van der Waals surface area contributed by atoms with E-state index in [4.69, 9.17) is 14.2 Å². The Labute approximate surface area is 179 Å². The zero-order chi connectivity index (χ0) is 22.2. The van der Waals surface area contributed by atoms with E-state index in [1.165, 1.54) is 5.56 Å². The first kappa shape index (κ1) is 22.4. The zero-order valence-electron chi connectivity index (χ0n) is 18.9. The van der Waals surface area contributed by atoms with Gasteiger partial charge in [-0.1, -0.05) is 30.3 Å². The molecule has 7 nitrogen and oxygen atoms in total. The minimum absolute atomic E-state index is 0.00116. The van der Waals surface area contributed by atoms with E-state index in [-0.39, 0.29) is 12.0 Å². The second kappa shape index (κ2) is 8.10. The highest BCUT2D eigenvalue weighted by atomic mass is 16.7. The molecule has 0 aliphatic carbocycles. The monoisotopic (exact) mass is 418 g/mol. The van der Waals surface area contributed by atoms with Gasteiger partial charge in [0.2, 0.25) is 0 Å². The maximum Gasteiger partial charge on any atom is 0.509 e. The van der Waals surface area contributed by atoms with Crippen LogP contribution in [-0.2, 0) is 20.8 Å². The Bertz CT molecular complexity index is 768. The predicted octanol–water partition coefficient (Wildman–Crippen LogP) is 4.06. The van der Waals surface area contributed by atoms with Crippen LogP contribution in [0.2, 0.25) is 0 Å². The van der Waals surface area contributed by atoms with Crippen LogP contribution in [0.3, 0.4) is 0 Å². The Balaban J connectivity index is 1.74.